The maximum atomic E-state index is 12.7. The largest absolute Gasteiger partial charge is 0.347 e. The molecule has 0 saturated carbocycles. The summed E-state index contributed by atoms with van der Waals surface area (Å²) in [5.74, 6) is 0.883. The highest BCUT2D eigenvalue weighted by atomic mass is 16.2. The van der Waals surface area contributed by atoms with Gasteiger partial charge in [0.15, 0.2) is 5.96 Å². The molecule has 2 aromatic rings. The van der Waals surface area contributed by atoms with Crippen molar-refractivity contribution < 1.29 is 4.79 Å². The molecule has 0 saturated heterocycles. The zero-order valence-corrected chi connectivity index (χ0v) is 15.1. The van der Waals surface area contributed by atoms with E-state index in [9.17, 15) is 4.79 Å². The van der Waals surface area contributed by atoms with E-state index in [4.69, 9.17) is 0 Å². The number of benzene rings is 2. The summed E-state index contributed by atoms with van der Waals surface area (Å²) in [5.41, 5.74) is 5.12. The number of nitrogens with zero attached hydrogens (tertiary/aromatic N) is 3. The lowest BCUT2D eigenvalue weighted by atomic mass is 10.00. The van der Waals surface area contributed by atoms with Crippen LogP contribution in [0.1, 0.15) is 16.7 Å². The molecule has 0 atom stereocenters. The highest BCUT2D eigenvalue weighted by Gasteiger charge is 2.24. The van der Waals surface area contributed by atoms with Gasteiger partial charge in [0.05, 0.1) is 6.54 Å². The summed E-state index contributed by atoms with van der Waals surface area (Å²) in [6.07, 6.45) is 1.93. The van der Waals surface area contributed by atoms with E-state index in [2.05, 4.69) is 51.6 Å². The first-order chi connectivity index (χ1) is 12.8. The summed E-state index contributed by atoms with van der Waals surface area (Å²) >= 11 is 0. The van der Waals surface area contributed by atoms with Gasteiger partial charge in [0.2, 0.25) is 5.91 Å². The van der Waals surface area contributed by atoms with Crippen molar-refractivity contribution in [1.29, 1.82) is 0 Å². The molecule has 0 bridgehead atoms. The van der Waals surface area contributed by atoms with Crippen LogP contribution in [0.15, 0.2) is 53.5 Å². The standard InChI is InChI=1S/C21H24N4O/c1-22-21(25-13-11-17-7-4-5-9-19(17)25)23-14-20(26)24-12-10-16-6-2-3-8-18(16)15-24/h2-9H,10-15H2,1H3,(H,22,23). The van der Waals surface area contributed by atoms with Crippen LogP contribution < -0.4 is 10.2 Å². The van der Waals surface area contributed by atoms with Crippen LogP contribution in [-0.4, -0.2) is 43.4 Å². The van der Waals surface area contributed by atoms with E-state index in [-0.39, 0.29) is 12.5 Å². The van der Waals surface area contributed by atoms with Gasteiger partial charge in [-0.2, -0.15) is 0 Å². The summed E-state index contributed by atoms with van der Waals surface area (Å²) in [5, 5.41) is 3.26. The molecule has 2 aromatic carbocycles. The van der Waals surface area contributed by atoms with Crippen molar-refractivity contribution >= 4 is 17.6 Å². The summed E-state index contributed by atoms with van der Waals surface area (Å²) in [7, 11) is 1.77. The smallest absolute Gasteiger partial charge is 0.242 e. The number of carbonyl (C=O) groups excluding carboxylic acids is 1. The molecule has 4 rings (SSSR count). The van der Waals surface area contributed by atoms with E-state index >= 15 is 0 Å². The van der Waals surface area contributed by atoms with E-state index in [0.29, 0.717) is 6.54 Å². The molecule has 2 aliphatic heterocycles. The van der Waals surface area contributed by atoms with Gasteiger partial charge in [-0.05, 0) is 35.6 Å². The van der Waals surface area contributed by atoms with Gasteiger partial charge in [0.25, 0.3) is 0 Å². The van der Waals surface area contributed by atoms with Crippen LogP contribution in [0, 0.1) is 0 Å². The fourth-order valence-corrected chi connectivity index (χ4v) is 3.83. The van der Waals surface area contributed by atoms with Gasteiger partial charge >= 0.3 is 0 Å². The topological polar surface area (TPSA) is 47.9 Å². The fraction of sp³-hybridized carbons (Fsp3) is 0.333. The number of guanidine groups is 1. The quantitative estimate of drug-likeness (QED) is 0.669. The number of rotatable bonds is 2. The number of anilines is 1. The van der Waals surface area contributed by atoms with Crippen LogP contribution in [0.4, 0.5) is 5.69 Å². The fourth-order valence-electron chi connectivity index (χ4n) is 3.83. The average Bonchev–Trinajstić information content (AvgIpc) is 3.12. The predicted octanol–water partition coefficient (Wildman–Crippen LogP) is 2.21. The first-order valence-electron chi connectivity index (χ1n) is 9.17. The highest BCUT2D eigenvalue weighted by molar-refractivity contribution is 5.99. The molecule has 2 heterocycles. The minimum Gasteiger partial charge on any atom is -0.347 e. The van der Waals surface area contributed by atoms with E-state index in [1.165, 1.54) is 22.4 Å². The van der Waals surface area contributed by atoms with Gasteiger partial charge in [-0.3, -0.25) is 9.79 Å². The molecule has 5 nitrogen and oxygen atoms in total. The first-order valence-corrected chi connectivity index (χ1v) is 9.17. The Kier molecular flexibility index (Phi) is 4.61. The van der Waals surface area contributed by atoms with Gasteiger partial charge in [-0.25, -0.2) is 0 Å². The molecule has 1 amide bonds. The van der Waals surface area contributed by atoms with Gasteiger partial charge < -0.3 is 15.1 Å². The van der Waals surface area contributed by atoms with Gasteiger partial charge in [0.1, 0.15) is 0 Å². The van der Waals surface area contributed by atoms with Crippen LogP contribution in [0.3, 0.4) is 0 Å². The van der Waals surface area contributed by atoms with Crippen LogP contribution >= 0.6 is 0 Å². The highest BCUT2D eigenvalue weighted by Crippen LogP contribution is 2.27. The molecular weight excluding hydrogens is 324 g/mol. The number of carbonyl (C=O) groups is 1. The minimum atomic E-state index is 0.119. The van der Waals surface area contributed by atoms with E-state index in [1.54, 1.807) is 7.05 Å². The number of hydrogen-bond donors (Lipinski definition) is 1. The van der Waals surface area contributed by atoms with Gasteiger partial charge in [-0.1, -0.05) is 42.5 Å². The first kappa shape index (κ1) is 16.6. The number of fused-ring (bicyclic) bond motifs is 2. The Labute approximate surface area is 154 Å². The molecule has 0 aliphatic carbocycles. The molecule has 5 heteroatoms. The van der Waals surface area contributed by atoms with Crippen molar-refractivity contribution in [1.82, 2.24) is 10.2 Å². The number of amides is 1. The molecule has 26 heavy (non-hydrogen) atoms. The lowest BCUT2D eigenvalue weighted by Gasteiger charge is -2.30. The Morgan fingerprint density at radius 1 is 1.00 bits per heavy atom. The molecule has 1 N–H and O–H groups in total. The van der Waals surface area contributed by atoms with Gasteiger partial charge in [-0.15, -0.1) is 0 Å². The van der Waals surface area contributed by atoms with Crippen molar-refractivity contribution in [3.05, 3.63) is 65.2 Å². The second kappa shape index (κ2) is 7.20. The Hall–Kier alpha value is -2.82. The third kappa shape index (κ3) is 3.17. The van der Waals surface area contributed by atoms with Crippen molar-refractivity contribution in [3.63, 3.8) is 0 Å². The number of aliphatic imine (C=N–C) groups is 1. The number of para-hydroxylation sites is 1. The Balaban J connectivity index is 1.39. The monoisotopic (exact) mass is 348 g/mol. The molecule has 0 aromatic heterocycles. The molecular formula is C21H24N4O. The Morgan fingerprint density at radius 2 is 1.69 bits per heavy atom. The molecule has 134 valence electrons. The van der Waals surface area contributed by atoms with E-state index in [0.717, 1.165) is 31.9 Å². The van der Waals surface area contributed by atoms with Crippen LogP contribution in [0.2, 0.25) is 0 Å². The zero-order valence-electron chi connectivity index (χ0n) is 15.1. The lowest BCUT2D eigenvalue weighted by molar-refractivity contribution is -0.130. The van der Waals surface area contributed by atoms with Crippen LogP contribution in [0.25, 0.3) is 0 Å². The normalized spacial score (nSPS) is 16.3. The average molecular weight is 348 g/mol. The molecule has 0 spiro atoms. The third-order valence-electron chi connectivity index (χ3n) is 5.24. The molecule has 0 fully saturated rings. The molecule has 2 aliphatic rings. The van der Waals surface area contributed by atoms with Crippen molar-refractivity contribution in [2.24, 2.45) is 4.99 Å². The van der Waals surface area contributed by atoms with Crippen molar-refractivity contribution in [2.75, 3.05) is 31.6 Å². The van der Waals surface area contributed by atoms with E-state index in [1.807, 2.05) is 17.0 Å². The summed E-state index contributed by atoms with van der Waals surface area (Å²) in [6.45, 7) is 2.64. The van der Waals surface area contributed by atoms with Crippen molar-refractivity contribution in [3.8, 4) is 0 Å². The SMILES string of the molecule is CN=C(NCC(=O)N1CCc2ccccc2C1)N1CCc2ccccc21. The molecule has 0 radical (unpaired) electrons. The maximum absolute atomic E-state index is 12.7. The van der Waals surface area contributed by atoms with Gasteiger partial charge in [0, 0.05) is 32.4 Å². The van der Waals surface area contributed by atoms with E-state index < -0.39 is 0 Å². The minimum absolute atomic E-state index is 0.119. The summed E-state index contributed by atoms with van der Waals surface area (Å²) in [6, 6.07) is 16.7. The number of nitrogens with one attached hydrogen (secondary N) is 1. The third-order valence-corrected chi connectivity index (χ3v) is 5.24. The maximum Gasteiger partial charge on any atom is 0.242 e. The second-order valence-corrected chi connectivity index (χ2v) is 6.77. The molecule has 0 unspecified atom stereocenters. The summed E-state index contributed by atoms with van der Waals surface area (Å²) in [4.78, 5) is 21.2. The zero-order chi connectivity index (χ0) is 17.9. The Bertz CT molecular complexity index is 845. The Morgan fingerprint density at radius 3 is 2.50 bits per heavy atom. The number of hydrogen-bond acceptors (Lipinski definition) is 2. The van der Waals surface area contributed by atoms with Crippen molar-refractivity contribution in [2.45, 2.75) is 19.4 Å². The van der Waals surface area contributed by atoms with Crippen LogP contribution in [0.5, 0.6) is 0 Å². The second-order valence-electron chi connectivity index (χ2n) is 6.77. The predicted molar refractivity (Wildman–Crippen MR) is 104 cm³/mol. The summed E-state index contributed by atoms with van der Waals surface area (Å²) < 4.78 is 0. The van der Waals surface area contributed by atoms with Crippen LogP contribution in [-0.2, 0) is 24.2 Å². The lowest BCUT2D eigenvalue weighted by Crippen LogP contribution is -2.47.